The van der Waals surface area contributed by atoms with Gasteiger partial charge in [0.05, 0.1) is 0 Å². The summed E-state index contributed by atoms with van der Waals surface area (Å²) in [5.41, 5.74) is 0. The molecule has 2 nitrogen and oxygen atoms in total. The summed E-state index contributed by atoms with van der Waals surface area (Å²) in [6, 6.07) is 0. The number of alkyl halides is 6. The largest absolute Gasteiger partial charge is 0.457 e. The highest BCUT2D eigenvalue weighted by Gasteiger charge is 2.73. The molecule has 8 heteroatoms. The zero-order valence-corrected chi connectivity index (χ0v) is 6.58. The van der Waals surface area contributed by atoms with Crippen LogP contribution in [0.1, 0.15) is 0 Å². The molecule has 0 aliphatic heterocycles. The van der Waals surface area contributed by atoms with Crippen LogP contribution in [-0.4, -0.2) is 32.4 Å². The number of hydrogen-bond donors (Lipinski definition) is 0. The van der Waals surface area contributed by atoms with Crippen molar-refractivity contribution < 1.29 is 35.8 Å². The monoisotopic (exact) mass is 212 g/mol. The van der Waals surface area contributed by atoms with E-state index in [0.29, 0.717) is 0 Å². The molecule has 0 saturated heterocycles. The van der Waals surface area contributed by atoms with Crippen molar-refractivity contribution in [3.63, 3.8) is 0 Å². The van der Waals surface area contributed by atoms with Crippen molar-refractivity contribution in [2.75, 3.05) is 14.2 Å². The predicted octanol–water partition coefficient (Wildman–Crippen LogP) is 2.10. The Balaban J connectivity index is 5.06. The van der Waals surface area contributed by atoms with Crippen LogP contribution in [-0.2, 0) is 9.47 Å². The van der Waals surface area contributed by atoms with E-state index in [9.17, 15) is 26.3 Å². The van der Waals surface area contributed by atoms with Gasteiger partial charge in [-0.15, -0.1) is 0 Å². The van der Waals surface area contributed by atoms with Crippen molar-refractivity contribution in [1.82, 2.24) is 0 Å². The SMILES string of the molecule is COC(F)(F)C(F)(OC)C(F)(F)F. The summed E-state index contributed by atoms with van der Waals surface area (Å²) in [5.74, 6) is -5.13. The summed E-state index contributed by atoms with van der Waals surface area (Å²) in [6.07, 6.45) is -11.0. The van der Waals surface area contributed by atoms with Crippen molar-refractivity contribution in [3.8, 4) is 0 Å². The van der Waals surface area contributed by atoms with Gasteiger partial charge in [-0.25, -0.2) is 0 Å². The molecule has 0 saturated carbocycles. The smallest absolute Gasteiger partial charge is 0.335 e. The molecule has 0 amide bonds. The van der Waals surface area contributed by atoms with E-state index in [0.717, 1.165) is 0 Å². The van der Waals surface area contributed by atoms with Gasteiger partial charge < -0.3 is 9.47 Å². The maximum Gasteiger partial charge on any atom is 0.457 e. The topological polar surface area (TPSA) is 18.5 Å². The Kier molecular flexibility index (Phi) is 3.21. The van der Waals surface area contributed by atoms with Crippen molar-refractivity contribution in [2.24, 2.45) is 0 Å². The Bertz CT molecular complexity index is 178. The maximum absolute atomic E-state index is 12.6. The molecule has 0 heterocycles. The van der Waals surface area contributed by atoms with Crippen LogP contribution in [0.15, 0.2) is 0 Å². The summed E-state index contributed by atoms with van der Waals surface area (Å²) in [4.78, 5) is 0. The Hall–Kier alpha value is -0.500. The molecule has 0 aromatic rings. The minimum absolute atomic E-state index is 0.167. The van der Waals surface area contributed by atoms with Gasteiger partial charge in [0, 0.05) is 14.2 Å². The molecule has 0 bridgehead atoms. The van der Waals surface area contributed by atoms with Crippen LogP contribution in [0.3, 0.4) is 0 Å². The van der Waals surface area contributed by atoms with Crippen molar-refractivity contribution in [2.45, 2.75) is 18.1 Å². The molecule has 0 aliphatic rings. The van der Waals surface area contributed by atoms with E-state index in [4.69, 9.17) is 0 Å². The molecule has 0 aromatic carbocycles. The highest BCUT2D eigenvalue weighted by atomic mass is 19.4. The fraction of sp³-hybridized carbons (Fsp3) is 1.00. The van der Waals surface area contributed by atoms with E-state index in [1.165, 1.54) is 0 Å². The van der Waals surface area contributed by atoms with Gasteiger partial charge in [-0.05, 0) is 0 Å². The maximum atomic E-state index is 12.6. The first kappa shape index (κ1) is 12.5. The van der Waals surface area contributed by atoms with E-state index >= 15 is 0 Å². The lowest BCUT2D eigenvalue weighted by Gasteiger charge is -2.31. The van der Waals surface area contributed by atoms with Crippen LogP contribution in [0, 0.1) is 0 Å². The average Bonchev–Trinajstić information content (AvgIpc) is 2.00. The number of methoxy groups -OCH3 is 2. The standard InChI is InChI=1S/C5H6F6O2/c1-12-3(6,4(7,8)9)5(10,11)13-2/h1-2H3. The van der Waals surface area contributed by atoms with Crippen LogP contribution < -0.4 is 0 Å². The summed E-state index contributed by atoms with van der Waals surface area (Å²) < 4.78 is 78.4. The van der Waals surface area contributed by atoms with E-state index in [1.807, 2.05) is 0 Å². The van der Waals surface area contributed by atoms with Gasteiger partial charge in [-0.3, -0.25) is 0 Å². The minimum atomic E-state index is -5.87. The van der Waals surface area contributed by atoms with Crippen LogP contribution in [0.25, 0.3) is 0 Å². The average molecular weight is 212 g/mol. The Labute approximate surface area is 69.4 Å². The number of ether oxygens (including phenoxy) is 2. The molecule has 1 atom stereocenters. The third kappa shape index (κ3) is 1.88. The van der Waals surface area contributed by atoms with Gasteiger partial charge >= 0.3 is 18.1 Å². The quantitative estimate of drug-likeness (QED) is 0.667. The van der Waals surface area contributed by atoms with Crippen LogP contribution in [0.5, 0.6) is 0 Å². The van der Waals surface area contributed by atoms with Gasteiger partial charge in [-0.1, -0.05) is 0 Å². The van der Waals surface area contributed by atoms with Gasteiger partial charge in [-0.2, -0.15) is 26.3 Å². The van der Waals surface area contributed by atoms with Gasteiger partial charge in [0.25, 0.3) is 0 Å². The second-order valence-electron chi connectivity index (χ2n) is 2.02. The molecule has 0 fully saturated rings. The highest BCUT2D eigenvalue weighted by Crippen LogP contribution is 2.45. The molecule has 80 valence electrons. The predicted molar refractivity (Wildman–Crippen MR) is 28.9 cm³/mol. The van der Waals surface area contributed by atoms with Gasteiger partial charge in [0.15, 0.2) is 0 Å². The first-order chi connectivity index (χ1) is 5.62. The number of halogens is 6. The summed E-state index contributed by atoms with van der Waals surface area (Å²) in [7, 11) is 0.402. The first-order valence-corrected chi connectivity index (χ1v) is 2.86. The lowest BCUT2D eigenvalue weighted by atomic mass is 10.3. The Morgan fingerprint density at radius 1 is 0.769 bits per heavy atom. The van der Waals surface area contributed by atoms with Gasteiger partial charge in [0.1, 0.15) is 0 Å². The number of hydrogen-bond acceptors (Lipinski definition) is 2. The number of rotatable bonds is 3. The summed E-state index contributed by atoms with van der Waals surface area (Å²) in [6.45, 7) is 0. The molecule has 0 N–H and O–H groups in total. The van der Waals surface area contributed by atoms with E-state index in [1.54, 1.807) is 0 Å². The second-order valence-corrected chi connectivity index (χ2v) is 2.02. The molecular weight excluding hydrogens is 206 g/mol. The third-order valence-corrected chi connectivity index (χ3v) is 1.28. The first-order valence-electron chi connectivity index (χ1n) is 2.86. The van der Waals surface area contributed by atoms with E-state index in [2.05, 4.69) is 9.47 Å². The van der Waals surface area contributed by atoms with E-state index in [-0.39, 0.29) is 14.2 Å². The molecule has 0 rings (SSSR count). The molecule has 0 radical (unpaired) electrons. The second kappa shape index (κ2) is 3.33. The molecule has 1 unspecified atom stereocenters. The van der Waals surface area contributed by atoms with Crippen molar-refractivity contribution in [1.29, 1.82) is 0 Å². The molecule has 0 aliphatic carbocycles. The summed E-state index contributed by atoms with van der Waals surface area (Å²) in [5, 5.41) is 0. The fourth-order valence-electron chi connectivity index (χ4n) is 0.531. The molecule has 0 aromatic heterocycles. The van der Waals surface area contributed by atoms with Crippen LogP contribution >= 0.6 is 0 Å². The van der Waals surface area contributed by atoms with E-state index < -0.39 is 18.1 Å². The van der Waals surface area contributed by atoms with Gasteiger partial charge in [0.2, 0.25) is 0 Å². The normalized spacial score (nSPS) is 18.5. The van der Waals surface area contributed by atoms with Crippen molar-refractivity contribution in [3.05, 3.63) is 0 Å². The highest BCUT2D eigenvalue weighted by molar-refractivity contribution is 4.85. The zero-order chi connectivity index (χ0) is 10.9. The zero-order valence-electron chi connectivity index (χ0n) is 6.58. The van der Waals surface area contributed by atoms with Crippen LogP contribution in [0.4, 0.5) is 26.3 Å². The lowest BCUT2D eigenvalue weighted by molar-refractivity contribution is -0.449. The fourth-order valence-corrected chi connectivity index (χ4v) is 0.531. The third-order valence-electron chi connectivity index (χ3n) is 1.28. The minimum Gasteiger partial charge on any atom is -0.335 e. The lowest BCUT2D eigenvalue weighted by Crippen LogP contribution is -2.57. The Morgan fingerprint density at radius 2 is 1.15 bits per heavy atom. The molecular formula is C5H6F6O2. The van der Waals surface area contributed by atoms with Crippen molar-refractivity contribution >= 4 is 0 Å². The molecule has 0 spiro atoms. The summed E-state index contributed by atoms with van der Waals surface area (Å²) >= 11 is 0. The molecule has 13 heavy (non-hydrogen) atoms. The Morgan fingerprint density at radius 3 is 1.23 bits per heavy atom. The van der Waals surface area contributed by atoms with Crippen LogP contribution in [0.2, 0.25) is 0 Å².